The van der Waals surface area contributed by atoms with E-state index in [1.807, 2.05) is 24.3 Å². The molecule has 2 heteroatoms. The summed E-state index contributed by atoms with van der Waals surface area (Å²) in [5.74, 6) is 1.74. The van der Waals surface area contributed by atoms with Gasteiger partial charge >= 0.3 is 0 Å². The van der Waals surface area contributed by atoms with Crippen molar-refractivity contribution in [2.24, 2.45) is 0 Å². The summed E-state index contributed by atoms with van der Waals surface area (Å²) >= 11 is 0. The lowest BCUT2D eigenvalue weighted by Crippen LogP contribution is -1.96. The molecule has 1 aliphatic heterocycles. The molecule has 0 saturated heterocycles. The Hall–Kier alpha value is -1.44. The Balaban J connectivity index is 2.39. The van der Waals surface area contributed by atoms with Gasteiger partial charge in [-0.3, -0.25) is 0 Å². The van der Waals surface area contributed by atoms with Crippen molar-refractivity contribution >= 4 is 0 Å². The molecule has 0 bridgehead atoms. The molecule has 1 aliphatic rings. The number of benzene rings is 1. The van der Waals surface area contributed by atoms with E-state index in [4.69, 9.17) is 9.47 Å². The highest BCUT2D eigenvalue weighted by Gasteiger charge is 2.06. The maximum atomic E-state index is 5.31. The zero-order valence-corrected chi connectivity index (χ0v) is 6.91. The van der Waals surface area contributed by atoms with Gasteiger partial charge < -0.3 is 9.47 Å². The van der Waals surface area contributed by atoms with Crippen molar-refractivity contribution in [2.45, 2.75) is 6.42 Å². The van der Waals surface area contributed by atoms with Crippen molar-refractivity contribution < 1.29 is 9.47 Å². The van der Waals surface area contributed by atoms with E-state index in [1.54, 1.807) is 13.4 Å². The largest absolute Gasteiger partial charge is 0.497 e. The molecule has 1 heterocycles. The SMILES string of the molecule is COc1ccc2c(c1)OC=CC2. The Morgan fingerprint density at radius 2 is 2.33 bits per heavy atom. The van der Waals surface area contributed by atoms with Crippen LogP contribution >= 0.6 is 0 Å². The molecular weight excluding hydrogens is 152 g/mol. The molecule has 0 amide bonds. The third kappa shape index (κ3) is 1.16. The maximum Gasteiger partial charge on any atom is 0.133 e. The van der Waals surface area contributed by atoms with Crippen LogP contribution in [0.25, 0.3) is 0 Å². The molecule has 0 aromatic heterocycles. The number of hydrogen-bond donors (Lipinski definition) is 0. The Morgan fingerprint density at radius 3 is 3.17 bits per heavy atom. The monoisotopic (exact) mass is 162 g/mol. The van der Waals surface area contributed by atoms with E-state index in [0.29, 0.717) is 0 Å². The number of ether oxygens (including phenoxy) is 2. The van der Waals surface area contributed by atoms with E-state index in [0.717, 1.165) is 17.9 Å². The van der Waals surface area contributed by atoms with Crippen LogP contribution in [0, 0.1) is 0 Å². The van der Waals surface area contributed by atoms with Gasteiger partial charge in [-0.1, -0.05) is 6.07 Å². The number of rotatable bonds is 1. The quantitative estimate of drug-likeness (QED) is 0.629. The van der Waals surface area contributed by atoms with Crippen molar-refractivity contribution in [3.8, 4) is 11.5 Å². The molecule has 0 aliphatic carbocycles. The van der Waals surface area contributed by atoms with E-state index < -0.39 is 0 Å². The zero-order valence-electron chi connectivity index (χ0n) is 6.91. The van der Waals surface area contributed by atoms with Gasteiger partial charge in [0.15, 0.2) is 0 Å². The fourth-order valence-corrected chi connectivity index (χ4v) is 1.24. The smallest absolute Gasteiger partial charge is 0.133 e. The van der Waals surface area contributed by atoms with Gasteiger partial charge in [0, 0.05) is 6.07 Å². The van der Waals surface area contributed by atoms with Crippen LogP contribution in [0.3, 0.4) is 0 Å². The van der Waals surface area contributed by atoms with Crippen LogP contribution in [0.4, 0.5) is 0 Å². The van der Waals surface area contributed by atoms with Crippen molar-refractivity contribution in [1.29, 1.82) is 0 Å². The first-order chi connectivity index (χ1) is 5.90. The third-order valence-corrected chi connectivity index (χ3v) is 1.90. The molecule has 1 aromatic carbocycles. The summed E-state index contributed by atoms with van der Waals surface area (Å²) in [5.41, 5.74) is 1.21. The molecule has 0 unspecified atom stereocenters. The summed E-state index contributed by atoms with van der Waals surface area (Å²) < 4.78 is 10.4. The third-order valence-electron chi connectivity index (χ3n) is 1.90. The second kappa shape index (κ2) is 2.89. The Morgan fingerprint density at radius 1 is 1.42 bits per heavy atom. The molecule has 0 saturated carbocycles. The van der Waals surface area contributed by atoms with Crippen LogP contribution in [0.1, 0.15) is 5.56 Å². The molecule has 62 valence electrons. The normalized spacial score (nSPS) is 13.4. The van der Waals surface area contributed by atoms with Gasteiger partial charge in [-0.2, -0.15) is 0 Å². The van der Waals surface area contributed by atoms with Crippen LogP contribution in [-0.4, -0.2) is 7.11 Å². The zero-order chi connectivity index (χ0) is 8.39. The van der Waals surface area contributed by atoms with Crippen LogP contribution in [0.2, 0.25) is 0 Å². The van der Waals surface area contributed by atoms with Crippen molar-refractivity contribution in [2.75, 3.05) is 7.11 Å². The van der Waals surface area contributed by atoms with Gasteiger partial charge in [-0.25, -0.2) is 0 Å². The number of fused-ring (bicyclic) bond motifs is 1. The minimum atomic E-state index is 0.837. The molecule has 0 atom stereocenters. The molecule has 0 radical (unpaired) electrons. The molecular formula is C10H10O2. The maximum absolute atomic E-state index is 5.31. The summed E-state index contributed by atoms with van der Waals surface area (Å²) in [4.78, 5) is 0. The predicted octanol–water partition coefficient (Wildman–Crippen LogP) is 2.14. The second-order valence-corrected chi connectivity index (χ2v) is 2.67. The minimum Gasteiger partial charge on any atom is -0.497 e. The highest BCUT2D eigenvalue weighted by atomic mass is 16.5. The molecule has 0 fully saturated rings. The van der Waals surface area contributed by atoms with Crippen LogP contribution in [0.5, 0.6) is 11.5 Å². The second-order valence-electron chi connectivity index (χ2n) is 2.67. The van der Waals surface area contributed by atoms with Gasteiger partial charge in [-0.15, -0.1) is 0 Å². The molecule has 2 nitrogen and oxygen atoms in total. The lowest BCUT2D eigenvalue weighted by atomic mass is 10.1. The Labute approximate surface area is 71.4 Å². The summed E-state index contributed by atoms with van der Waals surface area (Å²) in [6, 6.07) is 5.87. The molecule has 0 spiro atoms. The van der Waals surface area contributed by atoms with Crippen molar-refractivity contribution in [1.82, 2.24) is 0 Å². The fraction of sp³-hybridized carbons (Fsp3) is 0.200. The van der Waals surface area contributed by atoms with Gasteiger partial charge in [0.2, 0.25) is 0 Å². The van der Waals surface area contributed by atoms with E-state index in [1.165, 1.54) is 5.56 Å². The average molecular weight is 162 g/mol. The first-order valence-electron chi connectivity index (χ1n) is 3.89. The number of hydrogen-bond acceptors (Lipinski definition) is 2. The van der Waals surface area contributed by atoms with E-state index >= 15 is 0 Å². The average Bonchev–Trinajstić information content (AvgIpc) is 2.17. The first-order valence-corrected chi connectivity index (χ1v) is 3.89. The lowest BCUT2D eigenvalue weighted by molar-refractivity contribution is 0.406. The fourth-order valence-electron chi connectivity index (χ4n) is 1.24. The highest BCUT2D eigenvalue weighted by molar-refractivity contribution is 5.43. The Kier molecular flexibility index (Phi) is 1.74. The number of allylic oxidation sites excluding steroid dienone is 1. The topological polar surface area (TPSA) is 18.5 Å². The van der Waals surface area contributed by atoms with Gasteiger partial charge in [0.1, 0.15) is 11.5 Å². The van der Waals surface area contributed by atoms with Crippen LogP contribution < -0.4 is 9.47 Å². The minimum absolute atomic E-state index is 0.837. The molecule has 12 heavy (non-hydrogen) atoms. The lowest BCUT2D eigenvalue weighted by Gasteiger charge is -2.12. The molecule has 2 rings (SSSR count). The molecule has 0 N–H and O–H groups in total. The number of methoxy groups -OCH3 is 1. The first kappa shape index (κ1) is 7.22. The van der Waals surface area contributed by atoms with E-state index in [-0.39, 0.29) is 0 Å². The highest BCUT2D eigenvalue weighted by Crippen LogP contribution is 2.27. The summed E-state index contributed by atoms with van der Waals surface area (Å²) in [7, 11) is 1.65. The standard InChI is InChI=1S/C10H10O2/c1-11-9-5-4-8-3-2-6-12-10(8)7-9/h2,4-7H,3H2,1H3. The Bertz CT molecular complexity index is 316. The van der Waals surface area contributed by atoms with Gasteiger partial charge in [0.25, 0.3) is 0 Å². The predicted molar refractivity (Wildman–Crippen MR) is 46.5 cm³/mol. The van der Waals surface area contributed by atoms with Crippen LogP contribution in [-0.2, 0) is 6.42 Å². The molecule has 1 aromatic rings. The van der Waals surface area contributed by atoms with E-state index in [9.17, 15) is 0 Å². The van der Waals surface area contributed by atoms with Gasteiger partial charge in [-0.05, 0) is 24.1 Å². The van der Waals surface area contributed by atoms with Crippen molar-refractivity contribution in [3.63, 3.8) is 0 Å². The van der Waals surface area contributed by atoms with Crippen molar-refractivity contribution in [3.05, 3.63) is 36.1 Å². The summed E-state index contributed by atoms with van der Waals surface area (Å²) in [6.07, 6.45) is 4.65. The van der Waals surface area contributed by atoms with Crippen LogP contribution in [0.15, 0.2) is 30.5 Å². The summed E-state index contributed by atoms with van der Waals surface area (Å²) in [6.45, 7) is 0. The summed E-state index contributed by atoms with van der Waals surface area (Å²) in [5, 5.41) is 0. The van der Waals surface area contributed by atoms with Gasteiger partial charge in [0.05, 0.1) is 13.4 Å². The van der Waals surface area contributed by atoms with E-state index in [2.05, 4.69) is 0 Å².